The average molecular weight is 232 g/mol. The van der Waals surface area contributed by atoms with E-state index in [1.54, 1.807) is 0 Å². The van der Waals surface area contributed by atoms with E-state index in [1.165, 1.54) is 5.56 Å². The van der Waals surface area contributed by atoms with Gasteiger partial charge in [-0.2, -0.15) is 0 Å². The highest BCUT2D eigenvalue weighted by molar-refractivity contribution is 5.69. The highest BCUT2D eigenvalue weighted by Crippen LogP contribution is 2.25. The van der Waals surface area contributed by atoms with Gasteiger partial charge < -0.3 is 4.74 Å². The van der Waals surface area contributed by atoms with Gasteiger partial charge in [-0.05, 0) is 31.2 Å². The SMILES string of the molecule is C=CCC(CCC(=O)OCC)c1ccccc1. The summed E-state index contributed by atoms with van der Waals surface area (Å²) in [5.41, 5.74) is 1.26. The topological polar surface area (TPSA) is 26.3 Å². The maximum Gasteiger partial charge on any atom is 0.305 e. The summed E-state index contributed by atoms with van der Waals surface area (Å²) in [5.74, 6) is 0.246. The number of hydrogen-bond donors (Lipinski definition) is 0. The molecule has 0 spiro atoms. The van der Waals surface area contributed by atoms with E-state index in [-0.39, 0.29) is 5.97 Å². The zero-order valence-electron chi connectivity index (χ0n) is 10.4. The predicted octanol–water partition coefficient (Wildman–Crippen LogP) is 3.69. The number of rotatable bonds is 7. The van der Waals surface area contributed by atoms with Crippen LogP contribution in [0.25, 0.3) is 0 Å². The molecule has 2 heteroatoms. The molecule has 1 rings (SSSR count). The van der Waals surface area contributed by atoms with Gasteiger partial charge in [-0.3, -0.25) is 4.79 Å². The van der Waals surface area contributed by atoms with Crippen LogP contribution < -0.4 is 0 Å². The molecule has 92 valence electrons. The van der Waals surface area contributed by atoms with E-state index < -0.39 is 0 Å². The number of carbonyl (C=O) groups excluding carboxylic acids is 1. The van der Waals surface area contributed by atoms with E-state index in [0.717, 1.165) is 12.8 Å². The van der Waals surface area contributed by atoms with Gasteiger partial charge in [-0.25, -0.2) is 0 Å². The third-order valence-electron chi connectivity index (χ3n) is 2.72. The molecule has 0 saturated carbocycles. The molecule has 0 radical (unpaired) electrons. The Bertz CT molecular complexity index is 343. The highest BCUT2D eigenvalue weighted by atomic mass is 16.5. The van der Waals surface area contributed by atoms with Crippen LogP contribution in [0.3, 0.4) is 0 Å². The molecule has 0 aliphatic heterocycles. The largest absolute Gasteiger partial charge is 0.466 e. The fourth-order valence-electron chi connectivity index (χ4n) is 1.87. The van der Waals surface area contributed by atoms with Crippen molar-refractivity contribution in [3.63, 3.8) is 0 Å². The van der Waals surface area contributed by atoms with Crippen LogP contribution in [-0.2, 0) is 9.53 Å². The van der Waals surface area contributed by atoms with E-state index in [2.05, 4.69) is 18.7 Å². The van der Waals surface area contributed by atoms with Gasteiger partial charge in [0.25, 0.3) is 0 Å². The van der Waals surface area contributed by atoms with Crippen molar-refractivity contribution >= 4 is 5.97 Å². The molecule has 1 aromatic carbocycles. The minimum atomic E-state index is -0.113. The number of benzene rings is 1. The van der Waals surface area contributed by atoms with E-state index in [0.29, 0.717) is 18.9 Å². The van der Waals surface area contributed by atoms with E-state index in [1.807, 2.05) is 31.2 Å². The van der Waals surface area contributed by atoms with Gasteiger partial charge in [-0.15, -0.1) is 6.58 Å². The molecule has 0 saturated heterocycles. The van der Waals surface area contributed by atoms with Crippen LogP contribution in [0.1, 0.15) is 37.7 Å². The molecular weight excluding hydrogens is 212 g/mol. The Labute approximate surface area is 103 Å². The standard InChI is InChI=1S/C15H20O2/c1-3-8-13(11-12-15(16)17-4-2)14-9-6-5-7-10-14/h3,5-7,9-10,13H,1,4,8,11-12H2,2H3. The van der Waals surface area contributed by atoms with E-state index >= 15 is 0 Å². The van der Waals surface area contributed by atoms with Gasteiger partial charge in [0.2, 0.25) is 0 Å². The van der Waals surface area contributed by atoms with Gasteiger partial charge in [0.05, 0.1) is 6.61 Å². The zero-order chi connectivity index (χ0) is 12.5. The Morgan fingerprint density at radius 1 is 1.41 bits per heavy atom. The Kier molecular flexibility index (Phi) is 6.08. The van der Waals surface area contributed by atoms with Crippen LogP contribution in [0.5, 0.6) is 0 Å². The monoisotopic (exact) mass is 232 g/mol. The van der Waals surface area contributed by atoms with Crippen LogP contribution >= 0.6 is 0 Å². The minimum absolute atomic E-state index is 0.113. The van der Waals surface area contributed by atoms with Crippen molar-refractivity contribution in [2.75, 3.05) is 6.61 Å². The van der Waals surface area contributed by atoms with Crippen LogP contribution in [0.4, 0.5) is 0 Å². The number of carbonyl (C=O) groups is 1. The first-order valence-corrected chi connectivity index (χ1v) is 6.09. The van der Waals surface area contributed by atoms with Crippen molar-refractivity contribution in [1.29, 1.82) is 0 Å². The normalized spacial score (nSPS) is 11.8. The molecule has 0 bridgehead atoms. The molecule has 0 aliphatic rings. The second-order valence-corrected chi connectivity index (χ2v) is 3.98. The summed E-state index contributed by atoms with van der Waals surface area (Å²) < 4.78 is 4.94. The summed E-state index contributed by atoms with van der Waals surface area (Å²) in [6.45, 7) is 6.06. The van der Waals surface area contributed by atoms with Crippen molar-refractivity contribution in [2.24, 2.45) is 0 Å². The third-order valence-corrected chi connectivity index (χ3v) is 2.72. The average Bonchev–Trinajstić information content (AvgIpc) is 2.36. The number of allylic oxidation sites excluding steroid dienone is 1. The minimum Gasteiger partial charge on any atom is -0.466 e. The van der Waals surface area contributed by atoms with Gasteiger partial charge in [0, 0.05) is 6.42 Å². The third kappa shape index (κ3) is 4.85. The Morgan fingerprint density at radius 2 is 2.12 bits per heavy atom. The van der Waals surface area contributed by atoms with Crippen molar-refractivity contribution in [3.8, 4) is 0 Å². The van der Waals surface area contributed by atoms with Crippen molar-refractivity contribution < 1.29 is 9.53 Å². The fraction of sp³-hybridized carbons (Fsp3) is 0.400. The highest BCUT2D eigenvalue weighted by Gasteiger charge is 2.12. The van der Waals surface area contributed by atoms with Gasteiger partial charge in [0.15, 0.2) is 0 Å². The van der Waals surface area contributed by atoms with E-state index in [9.17, 15) is 4.79 Å². The summed E-state index contributed by atoms with van der Waals surface area (Å²) in [4.78, 5) is 11.3. The summed E-state index contributed by atoms with van der Waals surface area (Å²) in [6, 6.07) is 10.2. The zero-order valence-corrected chi connectivity index (χ0v) is 10.4. The molecule has 2 nitrogen and oxygen atoms in total. The Hall–Kier alpha value is -1.57. The van der Waals surface area contributed by atoms with Crippen LogP contribution in [0.15, 0.2) is 43.0 Å². The number of ether oxygens (including phenoxy) is 1. The maximum atomic E-state index is 11.3. The lowest BCUT2D eigenvalue weighted by Crippen LogP contribution is -2.07. The van der Waals surface area contributed by atoms with Crippen LogP contribution in [0, 0.1) is 0 Å². The van der Waals surface area contributed by atoms with Crippen molar-refractivity contribution in [2.45, 2.75) is 32.1 Å². The molecule has 1 aromatic rings. The molecule has 1 unspecified atom stereocenters. The fourth-order valence-corrected chi connectivity index (χ4v) is 1.87. The van der Waals surface area contributed by atoms with E-state index in [4.69, 9.17) is 4.74 Å². The number of hydrogen-bond acceptors (Lipinski definition) is 2. The van der Waals surface area contributed by atoms with Crippen LogP contribution in [0.2, 0.25) is 0 Å². The smallest absolute Gasteiger partial charge is 0.305 e. The Morgan fingerprint density at radius 3 is 2.71 bits per heavy atom. The molecular formula is C15H20O2. The molecule has 0 fully saturated rings. The van der Waals surface area contributed by atoms with Gasteiger partial charge >= 0.3 is 5.97 Å². The number of esters is 1. The second-order valence-electron chi connectivity index (χ2n) is 3.98. The lowest BCUT2D eigenvalue weighted by molar-refractivity contribution is -0.143. The first-order chi connectivity index (χ1) is 8.27. The molecule has 0 aliphatic carbocycles. The summed E-state index contributed by atoms with van der Waals surface area (Å²) in [6.07, 6.45) is 4.09. The quantitative estimate of drug-likeness (QED) is 0.529. The Balaban J connectivity index is 2.55. The molecule has 17 heavy (non-hydrogen) atoms. The predicted molar refractivity (Wildman–Crippen MR) is 69.9 cm³/mol. The van der Waals surface area contributed by atoms with Crippen molar-refractivity contribution in [1.82, 2.24) is 0 Å². The molecule has 0 amide bonds. The molecule has 0 N–H and O–H groups in total. The lowest BCUT2D eigenvalue weighted by atomic mass is 9.91. The van der Waals surface area contributed by atoms with Crippen molar-refractivity contribution in [3.05, 3.63) is 48.6 Å². The second kappa shape index (κ2) is 7.66. The lowest BCUT2D eigenvalue weighted by Gasteiger charge is -2.14. The summed E-state index contributed by atoms with van der Waals surface area (Å²) >= 11 is 0. The summed E-state index contributed by atoms with van der Waals surface area (Å²) in [5, 5.41) is 0. The summed E-state index contributed by atoms with van der Waals surface area (Å²) in [7, 11) is 0. The van der Waals surface area contributed by atoms with Crippen LogP contribution in [-0.4, -0.2) is 12.6 Å². The maximum absolute atomic E-state index is 11.3. The molecule has 0 aromatic heterocycles. The molecule has 0 heterocycles. The van der Waals surface area contributed by atoms with Gasteiger partial charge in [0.1, 0.15) is 0 Å². The first-order valence-electron chi connectivity index (χ1n) is 6.09. The molecule has 1 atom stereocenters. The first kappa shape index (κ1) is 13.5. The van der Waals surface area contributed by atoms with Gasteiger partial charge in [-0.1, -0.05) is 36.4 Å².